The third kappa shape index (κ3) is 1.53. The Hall–Kier alpha value is -0.980. The van der Waals surface area contributed by atoms with Gasteiger partial charge in [0.2, 0.25) is 0 Å². The highest BCUT2D eigenvalue weighted by Gasteiger charge is 2.05. The fourth-order valence-electron chi connectivity index (χ4n) is 1.54. The van der Waals surface area contributed by atoms with Gasteiger partial charge in [0, 0.05) is 13.1 Å². The predicted molar refractivity (Wildman–Crippen MR) is 47.2 cm³/mol. The zero-order valence-corrected chi connectivity index (χ0v) is 6.66. The van der Waals surface area contributed by atoms with Crippen molar-refractivity contribution < 1.29 is 0 Å². The van der Waals surface area contributed by atoms with Crippen LogP contribution in [0.2, 0.25) is 0 Å². The number of fused-ring (bicyclic) bond motifs is 2. The third-order valence-electron chi connectivity index (χ3n) is 2.14. The minimum atomic E-state index is 1.10. The fraction of sp³-hybridized carbons (Fsp3) is 0.400. The highest BCUT2D eigenvalue weighted by Crippen LogP contribution is 2.13. The van der Waals surface area contributed by atoms with Gasteiger partial charge in [0.1, 0.15) is 0 Å². The lowest BCUT2D eigenvalue weighted by atomic mass is 10.1. The smallest absolute Gasteiger partial charge is 0.0423 e. The zero-order valence-electron chi connectivity index (χ0n) is 6.66. The summed E-state index contributed by atoms with van der Waals surface area (Å²) in [5.41, 5.74) is 1.44. The number of rotatable bonds is 0. The quantitative estimate of drug-likeness (QED) is 0.507. The van der Waals surface area contributed by atoms with Gasteiger partial charge in [-0.1, -0.05) is 18.2 Å². The van der Waals surface area contributed by atoms with Gasteiger partial charge in [-0.25, -0.2) is 0 Å². The van der Waals surface area contributed by atoms with E-state index in [1.54, 1.807) is 0 Å². The molecular formula is C10H13N. The Morgan fingerprint density at radius 1 is 1.36 bits per heavy atom. The molecular weight excluding hydrogens is 134 g/mol. The van der Waals surface area contributed by atoms with Crippen molar-refractivity contribution in [3.05, 3.63) is 36.1 Å². The van der Waals surface area contributed by atoms with E-state index in [-0.39, 0.29) is 0 Å². The lowest BCUT2D eigenvalue weighted by Crippen LogP contribution is -2.23. The number of allylic oxidation sites excluding steroid dienone is 3. The van der Waals surface area contributed by atoms with E-state index in [1.807, 2.05) is 0 Å². The Kier molecular flexibility index (Phi) is 1.80. The first kappa shape index (κ1) is 6.71. The largest absolute Gasteiger partial charge is 0.373 e. The molecule has 0 aliphatic carbocycles. The van der Waals surface area contributed by atoms with Gasteiger partial charge in [-0.05, 0) is 30.7 Å². The van der Waals surface area contributed by atoms with Crippen molar-refractivity contribution in [3.8, 4) is 0 Å². The zero-order chi connectivity index (χ0) is 7.52. The second-order valence-electron chi connectivity index (χ2n) is 3.10. The normalized spacial score (nSPS) is 22.5. The van der Waals surface area contributed by atoms with Crippen LogP contribution in [-0.2, 0) is 0 Å². The van der Waals surface area contributed by atoms with Crippen LogP contribution in [0.3, 0.4) is 0 Å². The topological polar surface area (TPSA) is 3.24 Å². The van der Waals surface area contributed by atoms with E-state index in [0.29, 0.717) is 0 Å². The van der Waals surface area contributed by atoms with E-state index in [4.69, 9.17) is 0 Å². The minimum Gasteiger partial charge on any atom is -0.373 e. The van der Waals surface area contributed by atoms with Crippen LogP contribution in [0.4, 0.5) is 0 Å². The van der Waals surface area contributed by atoms with E-state index in [2.05, 4.69) is 35.4 Å². The third-order valence-corrected chi connectivity index (χ3v) is 2.14. The molecule has 0 aromatic heterocycles. The van der Waals surface area contributed by atoms with Gasteiger partial charge in [-0.2, -0.15) is 0 Å². The first-order valence-electron chi connectivity index (χ1n) is 4.23. The molecule has 2 heterocycles. The highest BCUT2D eigenvalue weighted by molar-refractivity contribution is 5.28. The van der Waals surface area contributed by atoms with Gasteiger partial charge in [0.15, 0.2) is 0 Å². The molecule has 0 aromatic carbocycles. The highest BCUT2D eigenvalue weighted by atomic mass is 15.1. The summed E-state index contributed by atoms with van der Waals surface area (Å²) in [4.78, 5) is 2.37. The molecule has 0 spiro atoms. The Labute approximate surface area is 67.7 Å². The maximum absolute atomic E-state index is 2.37. The lowest BCUT2D eigenvalue weighted by Gasteiger charge is -2.24. The van der Waals surface area contributed by atoms with Crippen LogP contribution in [-0.4, -0.2) is 18.0 Å². The number of nitrogens with zero attached hydrogens (tertiary/aromatic N) is 1. The molecule has 0 amide bonds. The van der Waals surface area contributed by atoms with Crippen molar-refractivity contribution >= 4 is 0 Å². The van der Waals surface area contributed by atoms with E-state index < -0.39 is 0 Å². The van der Waals surface area contributed by atoms with Gasteiger partial charge in [0.05, 0.1) is 0 Å². The van der Waals surface area contributed by atoms with Crippen LogP contribution >= 0.6 is 0 Å². The molecule has 1 nitrogen and oxygen atoms in total. The summed E-state index contributed by atoms with van der Waals surface area (Å²) in [5.74, 6) is 0. The van der Waals surface area contributed by atoms with Crippen molar-refractivity contribution in [2.45, 2.75) is 12.8 Å². The molecule has 0 atom stereocenters. The van der Waals surface area contributed by atoms with Crippen LogP contribution in [0.25, 0.3) is 0 Å². The first-order valence-corrected chi connectivity index (χ1v) is 4.23. The summed E-state index contributed by atoms with van der Waals surface area (Å²) < 4.78 is 0. The van der Waals surface area contributed by atoms with Crippen LogP contribution in [0.15, 0.2) is 36.1 Å². The van der Waals surface area contributed by atoms with Crippen molar-refractivity contribution in [2.75, 3.05) is 13.1 Å². The van der Waals surface area contributed by atoms with Crippen molar-refractivity contribution in [1.82, 2.24) is 4.90 Å². The Morgan fingerprint density at radius 2 is 2.36 bits per heavy atom. The fourth-order valence-corrected chi connectivity index (χ4v) is 1.54. The molecule has 11 heavy (non-hydrogen) atoms. The molecule has 0 saturated carbocycles. The van der Waals surface area contributed by atoms with Gasteiger partial charge in [-0.15, -0.1) is 0 Å². The second-order valence-corrected chi connectivity index (χ2v) is 3.10. The Morgan fingerprint density at radius 3 is 3.36 bits per heavy atom. The minimum absolute atomic E-state index is 1.10. The standard InChI is InChI=1S/C10H13N/c1-2-5-10-6-4-8-11(9-10)7-3-1/h2,4-6,8H,1,3,7,9H2. The molecule has 0 unspecified atom stereocenters. The average Bonchev–Trinajstić information content (AvgIpc) is 2.02. The van der Waals surface area contributed by atoms with E-state index in [9.17, 15) is 0 Å². The molecule has 0 fully saturated rings. The van der Waals surface area contributed by atoms with Crippen LogP contribution in [0.1, 0.15) is 12.8 Å². The van der Waals surface area contributed by atoms with Crippen LogP contribution < -0.4 is 0 Å². The maximum atomic E-state index is 2.37. The van der Waals surface area contributed by atoms with Crippen molar-refractivity contribution in [2.24, 2.45) is 0 Å². The summed E-state index contributed by atoms with van der Waals surface area (Å²) in [6.45, 7) is 2.31. The van der Waals surface area contributed by atoms with E-state index >= 15 is 0 Å². The number of hydrogen-bond acceptors (Lipinski definition) is 1. The Balaban J connectivity index is 2.20. The predicted octanol–water partition coefficient (Wildman–Crippen LogP) is 2.09. The molecule has 1 heteroatoms. The van der Waals surface area contributed by atoms with Crippen LogP contribution in [0.5, 0.6) is 0 Å². The summed E-state index contributed by atoms with van der Waals surface area (Å²) >= 11 is 0. The van der Waals surface area contributed by atoms with Crippen molar-refractivity contribution in [1.29, 1.82) is 0 Å². The van der Waals surface area contributed by atoms with Gasteiger partial charge >= 0.3 is 0 Å². The van der Waals surface area contributed by atoms with Crippen molar-refractivity contribution in [3.63, 3.8) is 0 Å². The van der Waals surface area contributed by atoms with Crippen LogP contribution in [0, 0.1) is 0 Å². The molecule has 0 radical (unpaired) electrons. The number of hydrogen-bond donors (Lipinski definition) is 0. The monoisotopic (exact) mass is 147 g/mol. The lowest BCUT2D eigenvalue weighted by molar-refractivity contribution is 0.395. The van der Waals surface area contributed by atoms with E-state index in [1.165, 1.54) is 25.0 Å². The maximum Gasteiger partial charge on any atom is 0.0423 e. The molecule has 0 N–H and O–H groups in total. The van der Waals surface area contributed by atoms with Gasteiger partial charge in [-0.3, -0.25) is 0 Å². The molecule has 2 aliphatic rings. The average molecular weight is 147 g/mol. The molecule has 2 bridgehead atoms. The second kappa shape index (κ2) is 2.95. The first-order chi connectivity index (χ1) is 5.45. The summed E-state index contributed by atoms with van der Waals surface area (Å²) in [7, 11) is 0. The molecule has 0 saturated heterocycles. The molecule has 58 valence electrons. The summed E-state index contributed by atoms with van der Waals surface area (Å²) in [5, 5.41) is 0. The molecule has 2 rings (SSSR count). The summed E-state index contributed by atoms with van der Waals surface area (Å²) in [6, 6.07) is 0. The van der Waals surface area contributed by atoms with Gasteiger partial charge in [0.25, 0.3) is 0 Å². The molecule has 0 aromatic rings. The molecule has 2 aliphatic heterocycles. The SMILES string of the molecule is C1=CN2CCCC=CC(=C1)C2. The Bertz CT molecular complexity index is 223. The van der Waals surface area contributed by atoms with Gasteiger partial charge < -0.3 is 4.90 Å². The van der Waals surface area contributed by atoms with E-state index in [0.717, 1.165) is 6.54 Å². The summed E-state index contributed by atoms with van der Waals surface area (Å²) in [6.07, 6.45) is 13.5.